The van der Waals surface area contributed by atoms with E-state index in [1.807, 2.05) is 36.4 Å². The fourth-order valence-electron chi connectivity index (χ4n) is 8.24. The Balaban J connectivity index is 1.19. The molecule has 0 fully saturated rings. The molecule has 10 rings (SSSR count). The van der Waals surface area contributed by atoms with Crippen LogP contribution in [0.3, 0.4) is 0 Å². The summed E-state index contributed by atoms with van der Waals surface area (Å²) in [7, 11) is 0. The second-order valence-electron chi connectivity index (χ2n) is 14.0. The number of aromatic nitrogens is 3. The van der Waals surface area contributed by atoms with Crippen LogP contribution in [0.1, 0.15) is 25.0 Å². The topological polar surface area (TPSA) is 38.7 Å². The van der Waals surface area contributed by atoms with Crippen molar-refractivity contribution in [1.29, 1.82) is 0 Å². The molecule has 1 aliphatic rings. The molecule has 0 saturated carbocycles. The molecule has 1 aliphatic carbocycles. The molecule has 240 valence electrons. The van der Waals surface area contributed by atoms with E-state index in [0.717, 1.165) is 16.7 Å². The summed E-state index contributed by atoms with van der Waals surface area (Å²) in [6, 6.07) is 58.4. The van der Waals surface area contributed by atoms with Gasteiger partial charge < -0.3 is 0 Å². The molecule has 51 heavy (non-hydrogen) atoms. The minimum Gasteiger partial charge on any atom is -0.208 e. The van der Waals surface area contributed by atoms with Gasteiger partial charge in [-0.25, -0.2) is 15.0 Å². The van der Waals surface area contributed by atoms with Crippen LogP contribution in [0.25, 0.3) is 88.7 Å². The maximum absolute atomic E-state index is 5.06. The summed E-state index contributed by atoms with van der Waals surface area (Å²) >= 11 is 0. The third-order valence-electron chi connectivity index (χ3n) is 10.7. The summed E-state index contributed by atoms with van der Waals surface area (Å²) in [5, 5.41) is 7.77. The largest absolute Gasteiger partial charge is 0.208 e. The van der Waals surface area contributed by atoms with Crippen molar-refractivity contribution >= 4 is 32.3 Å². The molecule has 3 heteroatoms. The van der Waals surface area contributed by atoms with Crippen molar-refractivity contribution in [3.63, 3.8) is 0 Å². The lowest BCUT2D eigenvalue weighted by atomic mass is 9.78. The van der Waals surface area contributed by atoms with Crippen LogP contribution in [0.15, 0.2) is 164 Å². The van der Waals surface area contributed by atoms with E-state index < -0.39 is 0 Å². The third kappa shape index (κ3) is 4.62. The number of fused-ring (bicyclic) bond motifs is 10. The number of hydrogen-bond acceptors (Lipinski definition) is 3. The highest BCUT2D eigenvalue weighted by molar-refractivity contribution is 6.28. The maximum Gasteiger partial charge on any atom is 0.164 e. The number of nitrogens with zero attached hydrogens (tertiary/aromatic N) is 3. The van der Waals surface area contributed by atoms with Gasteiger partial charge in [-0.05, 0) is 77.8 Å². The molecule has 1 heterocycles. The third-order valence-corrected chi connectivity index (χ3v) is 10.7. The van der Waals surface area contributed by atoms with Crippen molar-refractivity contribution in [2.45, 2.75) is 19.3 Å². The van der Waals surface area contributed by atoms with Crippen molar-refractivity contribution in [3.8, 4) is 56.4 Å². The fraction of sp³-hybridized carbons (Fsp3) is 0.0625. The Kier molecular flexibility index (Phi) is 6.53. The number of benzene rings is 8. The van der Waals surface area contributed by atoms with Gasteiger partial charge in [0.25, 0.3) is 0 Å². The van der Waals surface area contributed by atoms with Gasteiger partial charge in [-0.2, -0.15) is 0 Å². The first-order valence-corrected chi connectivity index (χ1v) is 17.5. The second kappa shape index (κ2) is 11.3. The molecule has 0 bridgehead atoms. The highest BCUT2D eigenvalue weighted by Crippen LogP contribution is 2.54. The van der Waals surface area contributed by atoms with Crippen LogP contribution in [0, 0.1) is 0 Å². The van der Waals surface area contributed by atoms with Crippen LogP contribution in [0.2, 0.25) is 0 Å². The molecule has 0 atom stereocenters. The van der Waals surface area contributed by atoms with E-state index >= 15 is 0 Å². The van der Waals surface area contributed by atoms with Crippen LogP contribution in [-0.4, -0.2) is 15.0 Å². The summed E-state index contributed by atoms with van der Waals surface area (Å²) < 4.78 is 0. The van der Waals surface area contributed by atoms with Gasteiger partial charge in [-0.15, -0.1) is 0 Å². The molecule has 0 radical (unpaired) electrons. The first kappa shape index (κ1) is 29.5. The Labute approximate surface area is 297 Å². The Hall–Kier alpha value is -6.45. The fourth-order valence-corrected chi connectivity index (χ4v) is 8.24. The summed E-state index contributed by atoms with van der Waals surface area (Å²) in [5.74, 6) is 2.01. The van der Waals surface area contributed by atoms with E-state index in [2.05, 4.69) is 141 Å². The zero-order valence-electron chi connectivity index (χ0n) is 28.4. The zero-order chi connectivity index (χ0) is 34.1. The molecule has 0 amide bonds. The van der Waals surface area contributed by atoms with Crippen molar-refractivity contribution in [1.82, 2.24) is 15.0 Å². The lowest BCUT2D eigenvalue weighted by molar-refractivity contribution is 0.667. The van der Waals surface area contributed by atoms with Gasteiger partial charge in [-0.1, -0.05) is 166 Å². The minimum atomic E-state index is -0.273. The van der Waals surface area contributed by atoms with Gasteiger partial charge in [0, 0.05) is 22.1 Å². The Bertz CT molecular complexity index is 2750. The Morgan fingerprint density at radius 1 is 0.353 bits per heavy atom. The van der Waals surface area contributed by atoms with Crippen LogP contribution in [0.5, 0.6) is 0 Å². The summed E-state index contributed by atoms with van der Waals surface area (Å²) in [5.41, 5.74) is 10.3. The van der Waals surface area contributed by atoms with Crippen molar-refractivity contribution in [2.24, 2.45) is 0 Å². The van der Waals surface area contributed by atoms with Crippen molar-refractivity contribution < 1.29 is 0 Å². The predicted molar refractivity (Wildman–Crippen MR) is 212 cm³/mol. The molecule has 8 aromatic carbocycles. The minimum absolute atomic E-state index is 0.273. The highest BCUT2D eigenvalue weighted by Gasteiger charge is 2.38. The molecule has 0 aliphatic heterocycles. The molecule has 3 nitrogen and oxygen atoms in total. The van der Waals surface area contributed by atoms with Gasteiger partial charge in [-0.3, -0.25) is 0 Å². The summed E-state index contributed by atoms with van der Waals surface area (Å²) in [6.45, 7) is 4.75. The van der Waals surface area contributed by atoms with Gasteiger partial charge in [0.05, 0.1) is 0 Å². The van der Waals surface area contributed by atoms with Gasteiger partial charge in [0.1, 0.15) is 0 Å². The molecule has 0 N–H and O–H groups in total. The van der Waals surface area contributed by atoms with E-state index in [4.69, 9.17) is 15.0 Å². The molecule has 1 aromatic heterocycles. The predicted octanol–water partition coefficient (Wildman–Crippen LogP) is 12.3. The zero-order valence-corrected chi connectivity index (χ0v) is 28.4. The van der Waals surface area contributed by atoms with Gasteiger partial charge in [0.15, 0.2) is 17.5 Å². The maximum atomic E-state index is 5.06. The van der Waals surface area contributed by atoms with E-state index in [1.165, 1.54) is 65.7 Å². The monoisotopic (exact) mass is 651 g/mol. The van der Waals surface area contributed by atoms with E-state index in [-0.39, 0.29) is 5.41 Å². The van der Waals surface area contributed by atoms with Crippen LogP contribution < -0.4 is 0 Å². The normalized spacial score (nSPS) is 13.1. The van der Waals surface area contributed by atoms with Crippen molar-refractivity contribution in [2.75, 3.05) is 0 Å². The smallest absolute Gasteiger partial charge is 0.164 e. The highest BCUT2D eigenvalue weighted by atomic mass is 15.0. The van der Waals surface area contributed by atoms with Crippen molar-refractivity contribution in [3.05, 3.63) is 175 Å². The number of hydrogen-bond donors (Lipinski definition) is 0. The SMILES string of the molecule is CC1(C)c2cc(-c3nc(-c4ccccc4)nc(-c4ccccc4)n3)ccc2-c2ccc3c4cc(-c5ccccc5)ccc4c4ccccc4c3c21. The average molecular weight is 652 g/mol. The van der Waals surface area contributed by atoms with Crippen LogP contribution >= 0.6 is 0 Å². The average Bonchev–Trinajstić information content (AvgIpc) is 3.43. The van der Waals surface area contributed by atoms with E-state index in [1.54, 1.807) is 0 Å². The van der Waals surface area contributed by atoms with Crippen LogP contribution in [-0.2, 0) is 5.41 Å². The van der Waals surface area contributed by atoms with Gasteiger partial charge in [0.2, 0.25) is 0 Å². The number of rotatable bonds is 4. The molecule has 9 aromatic rings. The summed E-state index contributed by atoms with van der Waals surface area (Å²) in [6.07, 6.45) is 0. The molecular formula is C48H33N3. The van der Waals surface area contributed by atoms with Gasteiger partial charge >= 0.3 is 0 Å². The lowest BCUT2D eigenvalue weighted by Crippen LogP contribution is -2.16. The standard InChI is InChI=1S/C48H33N3/c1-48(2)42-29-34(47-50-45(31-16-8-4-9-17-31)49-46(51-47)32-18-10-5-11-19-32)23-25-37(42)40-27-26-39-41-28-33(30-14-6-3-7-15-30)22-24-36(41)35-20-12-13-21-38(35)43(39)44(40)48/h3-29H,1-2H3. The van der Waals surface area contributed by atoms with E-state index in [9.17, 15) is 0 Å². The quantitative estimate of drug-likeness (QED) is 0.178. The summed E-state index contributed by atoms with van der Waals surface area (Å²) in [4.78, 5) is 15.0. The van der Waals surface area contributed by atoms with E-state index in [0.29, 0.717) is 17.5 Å². The molecule has 0 spiro atoms. The second-order valence-corrected chi connectivity index (χ2v) is 14.0. The van der Waals surface area contributed by atoms with Crippen LogP contribution in [0.4, 0.5) is 0 Å². The molecular weight excluding hydrogens is 619 g/mol. The molecule has 0 saturated heterocycles. The first-order chi connectivity index (χ1) is 25.0. The molecule has 0 unspecified atom stereocenters. The Morgan fingerprint density at radius 2 is 0.824 bits per heavy atom. The first-order valence-electron chi connectivity index (χ1n) is 17.5. The lowest BCUT2D eigenvalue weighted by Gasteiger charge is -2.25. The Morgan fingerprint density at radius 3 is 1.47 bits per heavy atom.